The molecule has 2 rings (SSSR count). The Hall–Kier alpha value is -2.14. The Labute approximate surface area is 131 Å². The molecule has 0 aromatic heterocycles. The first-order valence-corrected chi connectivity index (χ1v) is 6.97. The minimum absolute atomic E-state index is 0.115. The highest BCUT2D eigenvalue weighted by Crippen LogP contribution is 2.19. The second kappa shape index (κ2) is 7.22. The summed E-state index contributed by atoms with van der Waals surface area (Å²) in [7, 11) is 0. The van der Waals surface area contributed by atoms with Gasteiger partial charge in [0.25, 0.3) is 5.91 Å². The van der Waals surface area contributed by atoms with E-state index in [0.717, 1.165) is 17.7 Å². The van der Waals surface area contributed by atoms with Crippen LogP contribution in [0.3, 0.4) is 0 Å². The molecule has 1 N–H and O–H groups in total. The molecule has 6 heteroatoms. The molecule has 116 valence electrons. The van der Waals surface area contributed by atoms with Gasteiger partial charge in [-0.2, -0.15) is 0 Å². The van der Waals surface area contributed by atoms with Gasteiger partial charge in [0, 0.05) is 0 Å². The van der Waals surface area contributed by atoms with Crippen LogP contribution in [0.2, 0.25) is 5.02 Å². The standard InChI is InChI=1S/C16H14ClF2NO2/c1-10-2-4-11(5-3-10)22-7-6-20-16(21)12-8-14(18)15(19)9-13(12)17/h2-5,8-9H,6-7H2,1H3,(H,20,21). The summed E-state index contributed by atoms with van der Waals surface area (Å²) in [6.45, 7) is 2.42. The number of carbonyl (C=O) groups is 1. The first-order valence-electron chi connectivity index (χ1n) is 6.59. The Bertz CT molecular complexity index is 675. The zero-order valence-corrected chi connectivity index (χ0v) is 12.6. The van der Waals surface area contributed by atoms with Crippen LogP contribution in [0.1, 0.15) is 15.9 Å². The number of nitrogens with one attached hydrogen (secondary N) is 1. The van der Waals surface area contributed by atoms with Crippen molar-refractivity contribution in [2.75, 3.05) is 13.2 Å². The molecule has 2 aromatic rings. The third-order valence-electron chi connectivity index (χ3n) is 2.93. The van der Waals surface area contributed by atoms with Crippen LogP contribution in [-0.2, 0) is 0 Å². The van der Waals surface area contributed by atoms with Crippen molar-refractivity contribution in [3.63, 3.8) is 0 Å². The van der Waals surface area contributed by atoms with E-state index in [1.54, 1.807) is 0 Å². The molecule has 0 fully saturated rings. The SMILES string of the molecule is Cc1ccc(OCCNC(=O)c2cc(F)c(F)cc2Cl)cc1. The number of amides is 1. The van der Waals surface area contributed by atoms with E-state index in [4.69, 9.17) is 16.3 Å². The normalized spacial score (nSPS) is 10.4. The lowest BCUT2D eigenvalue weighted by Crippen LogP contribution is -2.28. The van der Waals surface area contributed by atoms with Crippen molar-refractivity contribution in [1.29, 1.82) is 0 Å². The van der Waals surface area contributed by atoms with Crippen LogP contribution in [0.4, 0.5) is 8.78 Å². The van der Waals surface area contributed by atoms with Crippen LogP contribution in [0.5, 0.6) is 5.75 Å². The molecule has 0 aliphatic rings. The molecule has 22 heavy (non-hydrogen) atoms. The molecule has 0 saturated carbocycles. The predicted molar refractivity (Wildman–Crippen MR) is 80.4 cm³/mol. The van der Waals surface area contributed by atoms with E-state index in [9.17, 15) is 13.6 Å². The Morgan fingerprint density at radius 3 is 2.50 bits per heavy atom. The van der Waals surface area contributed by atoms with E-state index in [1.807, 2.05) is 31.2 Å². The summed E-state index contributed by atoms with van der Waals surface area (Å²) in [4.78, 5) is 11.8. The van der Waals surface area contributed by atoms with E-state index in [1.165, 1.54) is 0 Å². The van der Waals surface area contributed by atoms with Gasteiger partial charge in [-0.05, 0) is 31.2 Å². The lowest BCUT2D eigenvalue weighted by Gasteiger charge is -2.09. The number of hydrogen-bond donors (Lipinski definition) is 1. The van der Waals surface area contributed by atoms with E-state index in [0.29, 0.717) is 5.75 Å². The number of hydrogen-bond acceptors (Lipinski definition) is 2. The third-order valence-corrected chi connectivity index (χ3v) is 3.24. The van der Waals surface area contributed by atoms with Gasteiger partial charge >= 0.3 is 0 Å². The lowest BCUT2D eigenvalue weighted by molar-refractivity contribution is 0.0946. The maximum Gasteiger partial charge on any atom is 0.253 e. The molecule has 0 radical (unpaired) electrons. The summed E-state index contributed by atoms with van der Waals surface area (Å²) >= 11 is 5.72. The maximum absolute atomic E-state index is 13.1. The molecule has 0 heterocycles. The summed E-state index contributed by atoms with van der Waals surface area (Å²) in [6, 6.07) is 9.01. The zero-order chi connectivity index (χ0) is 16.1. The number of rotatable bonds is 5. The van der Waals surface area contributed by atoms with Gasteiger partial charge in [-0.3, -0.25) is 4.79 Å². The molecule has 0 unspecified atom stereocenters. The second-order valence-electron chi connectivity index (χ2n) is 4.66. The summed E-state index contributed by atoms with van der Waals surface area (Å²) in [6.07, 6.45) is 0. The van der Waals surface area contributed by atoms with Gasteiger partial charge in [-0.15, -0.1) is 0 Å². The largest absolute Gasteiger partial charge is 0.492 e. The molecular formula is C16H14ClF2NO2. The van der Waals surface area contributed by atoms with Gasteiger partial charge in [0.2, 0.25) is 0 Å². The molecule has 1 amide bonds. The van der Waals surface area contributed by atoms with Crippen molar-refractivity contribution in [1.82, 2.24) is 5.32 Å². The number of aryl methyl sites for hydroxylation is 1. The molecule has 0 bridgehead atoms. The summed E-state index contributed by atoms with van der Waals surface area (Å²) in [5, 5.41) is 2.39. The topological polar surface area (TPSA) is 38.3 Å². The summed E-state index contributed by atoms with van der Waals surface area (Å²) < 4.78 is 31.5. The molecule has 3 nitrogen and oxygen atoms in total. The summed E-state index contributed by atoms with van der Waals surface area (Å²) in [5.41, 5.74) is 1.00. The molecular weight excluding hydrogens is 312 g/mol. The highest BCUT2D eigenvalue weighted by atomic mass is 35.5. The average molecular weight is 326 g/mol. The van der Waals surface area contributed by atoms with Gasteiger partial charge in [0.15, 0.2) is 11.6 Å². The molecule has 2 aromatic carbocycles. The Kier molecular flexibility index (Phi) is 5.33. The number of benzene rings is 2. The van der Waals surface area contributed by atoms with Crippen LogP contribution in [0.15, 0.2) is 36.4 Å². The van der Waals surface area contributed by atoms with Gasteiger partial charge in [0.05, 0.1) is 17.1 Å². The van der Waals surface area contributed by atoms with E-state index in [2.05, 4.69) is 5.32 Å². The fraction of sp³-hybridized carbons (Fsp3) is 0.188. The van der Waals surface area contributed by atoms with E-state index in [-0.39, 0.29) is 23.7 Å². The van der Waals surface area contributed by atoms with Crippen molar-refractivity contribution in [3.8, 4) is 5.75 Å². The Morgan fingerprint density at radius 1 is 1.18 bits per heavy atom. The average Bonchev–Trinajstić information content (AvgIpc) is 2.49. The van der Waals surface area contributed by atoms with Gasteiger partial charge in [-0.1, -0.05) is 29.3 Å². The second-order valence-corrected chi connectivity index (χ2v) is 5.07. The van der Waals surface area contributed by atoms with Crippen LogP contribution >= 0.6 is 11.6 Å². The number of carbonyl (C=O) groups excluding carboxylic acids is 1. The first kappa shape index (κ1) is 16.2. The number of halogens is 3. The molecule has 0 aliphatic carbocycles. The van der Waals surface area contributed by atoms with Crippen molar-refractivity contribution >= 4 is 17.5 Å². The fourth-order valence-electron chi connectivity index (χ4n) is 1.76. The molecule has 0 spiro atoms. The van der Waals surface area contributed by atoms with Gasteiger partial charge < -0.3 is 10.1 Å². The molecule has 0 atom stereocenters. The van der Waals surface area contributed by atoms with Gasteiger partial charge in [0.1, 0.15) is 12.4 Å². The Balaban J connectivity index is 1.85. The van der Waals surface area contributed by atoms with Crippen molar-refractivity contribution in [2.45, 2.75) is 6.92 Å². The Morgan fingerprint density at radius 2 is 1.82 bits per heavy atom. The minimum atomic E-state index is -1.12. The zero-order valence-electron chi connectivity index (χ0n) is 11.8. The highest BCUT2D eigenvalue weighted by Gasteiger charge is 2.14. The van der Waals surface area contributed by atoms with Crippen LogP contribution < -0.4 is 10.1 Å². The maximum atomic E-state index is 13.1. The van der Waals surface area contributed by atoms with Gasteiger partial charge in [-0.25, -0.2) is 8.78 Å². The smallest absolute Gasteiger partial charge is 0.253 e. The minimum Gasteiger partial charge on any atom is -0.492 e. The molecule has 0 aliphatic heterocycles. The van der Waals surface area contributed by atoms with Crippen LogP contribution in [0, 0.1) is 18.6 Å². The predicted octanol–water partition coefficient (Wildman–Crippen LogP) is 3.74. The van der Waals surface area contributed by atoms with Crippen LogP contribution in [0.25, 0.3) is 0 Å². The molecule has 0 saturated heterocycles. The summed E-state index contributed by atoms with van der Waals surface area (Å²) in [5.74, 6) is -2.11. The number of ether oxygens (including phenoxy) is 1. The highest BCUT2D eigenvalue weighted by molar-refractivity contribution is 6.33. The quantitative estimate of drug-likeness (QED) is 0.672. The van der Waals surface area contributed by atoms with Crippen molar-refractivity contribution in [2.24, 2.45) is 0 Å². The third kappa shape index (κ3) is 4.18. The fourth-order valence-corrected chi connectivity index (χ4v) is 2.00. The monoisotopic (exact) mass is 325 g/mol. The van der Waals surface area contributed by atoms with E-state index >= 15 is 0 Å². The lowest BCUT2D eigenvalue weighted by atomic mass is 10.2. The first-order chi connectivity index (χ1) is 10.5. The van der Waals surface area contributed by atoms with E-state index < -0.39 is 17.5 Å². The van der Waals surface area contributed by atoms with Crippen LogP contribution in [-0.4, -0.2) is 19.1 Å². The van der Waals surface area contributed by atoms with Crippen molar-refractivity contribution < 1.29 is 18.3 Å². The van der Waals surface area contributed by atoms with Crippen molar-refractivity contribution in [3.05, 3.63) is 64.2 Å².